The van der Waals surface area contributed by atoms with E-state index in [1.807, 2.05) is 18.2 Å². The average molecular weight is 532 g/mol. The van der Waals surface area contributed by atoms with Crippen LogP contribution in [0.3, 0.4) is 0 Å². The summed E-state index contributed by atoms with van der Waals surface area (Å²) in [6, 6.07) is 5.74. The van der Waals surface area contributed by atoms with Gasteiger partial charge >= 0.3 is 0 Å². The SMILES string of the molecule is CC1(C)CCC(O)(C#Cc2ccc3nc(N4CCC(C)(N)CC4)nc(Nc4n[nH]c(C5CC5)c4F)c3c2)CC1. The number of nitrogens with zero attached hydrogens (tertiary/aromatic N) is 4. The number of aromatic nitrogens is 4. The molecule has 1 aromatic carbocycles. The maximum atomic E-state index is 15.2. The molecule has 3 aromatic rings. The minimum Gasteiger partial charge on any atom is -0.378 e. The van der Waals surface area contributed by atoms with Crippen molar-refractivity contribution in [1.82, 2.24) is 20.2 Å². The van der Waals surface area contributed by atoms with Crippen molar-refractivity contribution in [1.29, 1.82) is 0 Å². The number of fused-ring (bicyclic) bond motifs is 1. The topological polar surface area (TPSA) is 116 Å². The van der Waals surface area contributed by atoms with E-state index >= 15 is 4.39 Å². The van der Waals surface area contributed by atoms with E-state index in [-0.39, 0.29) is 28.5 Å². The van der Waals surface area contributed by atoms with Crippen molar-refractivity contribution in [3.63, 3.8) is 0 Å². The fourth-order valence-corrected chi connectivity index (χ4v) is 5.48. The van der Waals surface area contributed by atoms with E-state index in [1.165, 1.54) is 0 Å². The molecule has 9 heteroatoms. The first-order chi connectivity index (χ1) is 18.5. The predicted octanol–water partition coefficient (Wildman–Crippen LogP) is 5.11. The van der Waals surface area contributed by atoms with Crippen LogP contribution in [0, 0.1) is 23.1 Å². The Kier molecular flexibility index (Phi) is 6.31. The van der Waals surface area contributed by atoms with E-state index in [2.05, 4.69) is 53.0 Å². The molecule has 3 heterocycles. The highest BCUT2D eigenvalue weighted by molar-refractivity contribution is 5.92. The van der Waals surface area contributed by atoms with Gasteiger partial charge in [0, 0.05) is 35.5 Å². The van der Waals surface area contributed by atoms with Crippen molar-refractivity contribution in [2.45, 2.75) is 89.2 Å². The second-order valence-electron chi connectivity index (χ2n) is 12.9. The van der Waals surface area contributed by atoms with E-state index in [0.29, 0.717) is 30.3 Å². The third-order valence-corrected chi connectivity index (χ3v) is 8.70. The van der Waals surface area contributed by atoms with Crippen LogP contribution >= 0.6 is 0 Å². The van der Waals surface area contributed by atoms with Gasteiger partial charge in [-0.05, 0) is 81.9 Å². The molecule has 2 aliphatic carbocycles. The minimum absolute atomic E-state index is 0.131. The van der Waals surface area contributed by atoms with Gasteiger partial charge in [-0.25, -0.2) is 9.37 Å². The first kappa shape index (κ1) is 26.0. The highest BCUT2D eigenvalue weighted by Gasteiger charge is 2.35. The second-order valence-corrected chi connectivity index (χ2v) is 12.9. The fourth-order valence-electron chi connectivity index (χ4n) is 5.48. The zero-order valence-corrected chi connectivity index (χ0v) is 23.1. The number of benzene rings is 1. The van der Waals surface area contributed by atoms with Crippen LogP contribution in [0.25, 0.3) is 10.9 Å². The molecule has 3 aliphatic rings. The van der Waals surface area contributed by atoms with Gasteiger partial charge in [-0.15, -0.1) is 0 Å². The van der Waals surface area contributed by atoms with E-state index in [4.69, 9.17) is 15.7 Å². The highest BCUT2D eigenvalue weighted by Crippen LogP contribution is 2.42. The fraction of sp³-hybridized carbons (Fsp3) is 0.567. The molecule has 2 saturated carbocycles. The molecular formula is C30H38FN7O. The lowest BCUT2D eigenvalue weighted by atomic mass is 9.71. The number of H-pyrrole nitrogens is 1. The molecule has 0 bridgehead atoms. The lowest BCUT2D eigenvalue weighted by Gasteiger charge is -2.37. The van der Waals surface area contributed by atoms with Crippen molar-refractivity contribution >= 4 is 28.5 Å². The molecule has 0 spiro atoms. The van der Waals surface area contributed by atoms with Crippen LogP contribution in [-0.2, 0) is 0 Å². The molecule has 5 N–H and O–H groups in total. The Labute approximate surface area is 229 Å². The molecule has 0 radical (unpaired) electrons. The molecular weight excluding hydrogens is 493 g/mol. The molecule has 3 fully saturated rings. The Morgan fingerprint density at radius 3 is 2.46 bits per heavy atom. The summed E-state index contributed by atoms with van der Waals surface area (Å²) >= 11 is 0. The normalized spacial score (nSPS) is 21.8. The van der Waals surface area contributed by atoms with Gasteiger partial charge in [0.25, 0.3) is 0 Å². The summed E-state index contributed by atoms with van der Waals surface area (Å²) in [5.41, 5.74) is 7.44. The Balaban J connectivity index is 1.35. The van der Waals surface area contributed by atoms with Gasteiger partial charge in [0.1, 0.15) is 11.4 Å². The number of nitrogens with two attached hydrogens (primary N) is 1. The summed E-state index contributed by atoms with van der Waals surface area (Å²) in [4.78, 5) is 11.8. The molecule has 0 amide bonds. The summed E-state index contributed by atoms with van der Waals surface area (Å²) in [5, 5.41) is 22.0. The number of nitrogens with one attached hydrogen (secondary N) is 2. The molecule has 8 nitrogen and oxygen atoms in total. The summed E-state index contributed by atoms with van der Waals surface area (Å²) in [7, 11) is 0. The zero-order chi connectivity index (χ0) is 27.4. The Morgan fingerprint density at radius 2 is 1.77 bits per heavy atom. The van der Waals surface area contributed by atoms with Gasteiger partial charge in [0.15, 0.2) is 11.6 Å². The van der Waals surface area contributed by atoms with Gasteiger partial charge in [-0.1, -0.05) is 25.7 Å². The van der Waals surface area contributed by atoms with Crippen LogP contribution < -0.4 is 16.0 Å². The summed E-state index contributed by atoms with van der Waals surface area (Å²) in [5.74, 6) is 7.36. The number of rotatable bonds is 4. The number of piperidine rings is 1. The first-order valence-corrected chi connectivity index (χ1v) is 14.1. The molecule has 0 unspecified atom stereocenters. The molecule has 6 rings (SSSR count). The maximum Gasteiger partial charge on any atom is 0.227 e. The van der Waals surface area contributed by atoms with Crippen LogP contribution in [-0.4, -0.2) is 49.5 Å². The third-order valence-electron chi connectivity index (χ3n) is 8.70. The van der Waals surface area contributed by atoms with Crippen molar-refractivity contribution < 1.29 is 9.50 Å². The number of hydrogen-bond acceptors (Lipinski definition) is 7. The van der Waals surface area contributed by atoms with E-state index in [1.54, 1.807) is 0 Å². The Hall–Kier alpha value is -3.22. The predicted molar refractivity (Wildman–Crippen MR) is 151 cm³/mol. The van der Waals surface area contributed by atoms with Crippen LogP contribution in [0.2, 0.25) is 0 Å². The molecule has 206 valence electrons. The first-order valence-electron chi connectivity index (χ1n) is 14.1. The number of aromatic amines is 1. The van der Waals surface area contributed by atoms with Gasteiger partial charge in [0.2, 0.25) is 5.95 Å². The van der Waals surface area contributed by atoms with Crippen molar-refractivity contribution in [2.75, 3.05) is 23.3 Å². The number of aliphatic hydroxyl groups is 1. The van der Waals surface area contributed by atoms with Gasteiger partial charge in [0.05, 0.1) is 11.2 Å². The molecule has 0 atom stereocenters. The number of halogens is 1. The van der Waals surface area contributed by atoms with Gasteiger partial charge in [-0.2, -0.15) is 10.1 Å². The molecule has 39 heavy (non-hydrogen) atoms. The van der Waals surface area contributed by atoms with Crippen LogP contribution in [0.4, 0.5) is 22.0 Å². The van der Waals surface area contributed by atoms with E-state index in [0.717, 1.165) is 68.1 Å². The van der Waals surface area contributed by atoms with E-state index in [9.17, 15) is 5.11 Å². The number of hydrogen-bond donors (Lipinski definition) is 4. The average Bonchev–Trinajstić information content (AvgIpc) is 3.68. The molecule has 1 saturated heterocycles. The van der Waals surface area contributed by atoms with Gasteiger partial charge in [-0.3, -0.25) is 5.10 Å². The van der Waals surface area contributed by atoms with Crippen molar-refractivity contribution in [2.24, 2.45) is 11.1 Å². The van der Waals surface area contributed by atoms with Crippen molar-refractivity contribution in [3.8, 4) is 11.8 Å². The van der Waals surface area contributed by atoms with Crippen LogP contribution in [0.1, 0.15) is 89.3 Å². The minimum atomic E-state index is -0.977. The van der Waals surface area contributed by atoms with Crippen LogP contribution in [0.5, 0.6) is 0 Å². The summed E-state index contributed by atoms with van der Waals surface area (Å²) in [6.07, 6.45) is 6.84. The van der Waals surface area contributed by atoms with Crippen LogP contribution in [0.15, 0.2) is 18.2 Å². The lowest BCUT2D eigenvalue weighted by Crippen LogP contribution is -2.48. The monoisotopic (exact) mass is 531 g/mol. The lowest BCUT2D eigenvalue weighted by molar-refractivity contribution is 0.0231. The Bertz CT molecular complexity index is 1440. The maximum absolute atomic E-state index is 15.2. The van der Waals surface area contributed by atoms with Gasteiger partial charge < -0.3 is 21.1 Å². The number of anilines is 3. The standard InChI is InChI=1S/C30H38FN7O/c1-28(2)10-12-30(39,13-11-28)9-8-19-4-7-22-21(18-19)25(34-26-23(31)24(36-37-26)20-5-6-20)35-27(33-22)38-16-14-29(3,32)15-17-38/h4,7,18,20,39H,5-6,10-17,32H2,1-3H3,(H2,33,34,35,36,37). The largest absolute Gasteiger partial charge is 0.378 e. The summed E-state index contributed by atoms with van der Waals surface area (Å²) in [6.45, 7) is 8.05. The highest BCUT2D eigenvalue weighted by atomic mass is 19.1. The zero-order valence-electron chi connectivity index (χ0n) is 23.1. The Morgan fingerprint density at radius 1 is 1.05 bits per heavy atom. The summed E-state index contributed by atoms with van der Waals surface area (Å²) < 4.78 is 15.2. The molecule has 1 aliphatic heterocycles. The second kappa shape index (κ2) is 9.46. The molecule has 2 aromatic heterocycles. The quantitative estimate of drug-likeness (QED) is 0.346. The smallest absolute Gasteiger partial charge is 0.227 e. The van der Waals surface area contributed by atoms with E-state index < -0.39 is 5.60 Å². The third kappa shape index (κ3) is 5.59. The van der Waals surface area contributed by atoms with Crippen molar-refractivity contribution in [3.05, 3.63) is 35.3 Å².